The van der Waals surface area contributed by atoms with Gasteiger partial charge in [-0.2, -0.15) is 0 Å². The van der Waals surface area contributed by atoms with E-state index in [1.807, 2.05) is 18.2 Å². The number of hydrogen-bond acceptors (Lipinski definition) is 4. The van der Waals surface area contributed by atoms with Crippen LogP contribution in [-0.2, 0) is 11.3 Å². The van der Waals surface area contributed by atoms with E-state index in [0.717, 1.165) is 0 Å². The molecule has 0 saturated carbocycles. The van der Waals surface area contributed by atoms with Crippen LogP contribution in [0.25, 0.3) is 10.9 Å². The standard InChI is InChI=1S/C19H18N2O3/c1-13(2)14-7-9-15(10-8-14)24-18(22)11-21-12-20-17-6-4-3-5-16(17)19(21)23/h3-10,12-13H,11H2,1-2H3. The Balaban J connectivity index is 1.75. The number of carbonyl (C=O) groups is 1. The summed E-state index contributed by atoms with van der Waals surface area (Å²) in [6, 6.07) is 14.4. The van der Waals surface area contributed by atoms with Gasteiger partial charge in [0.05, 0.1) is 17.2 Å². The third-order valence-electron chi connectivity index (χ3n) is 3.81. The highest BCUT2D eigenvalue weighted by Gasteiger charge is 2.10. The van der Waals surface area contributed by atoms with Crippen molar-refractivity contribution in [3.8, 4) is 5.75 Å². The first kappa shape index (κ1) is 15.9. The van der Waals surface area contributed by atoms with Crippen molar-refractivity contribution in [2.24, 2.45) is 0 Å². The second-order valence-corrected chi connectivity index (χ2v) is 5.89. The molecule has 24 heavy (non-hydrogen) atoms. The summed E-state index contributed by atoms with van der Waals surface area (Å²) in [5.74, 6) is 0.370. The maximum atomic E-state index is 12.4. The Labute approximate surface area is 139 Å². The molecule has 0 atom stereocenters. The van der Waals surface area contributed by atoms with Crippen LogP contribution in [0.1, 0.15) is 25.3 Å². The minimum atomic E-state index is -0.508. The first-order chi connectivity index (χ1) is 11.5. The summed E-state index contributed by atoms with van der Waals surface area (Å²) in [7, 11) is 0. The molecule has 5 heteroatoms. The van der Waals surface area contributed by atoms with Crippen molar-refractivity contribution in [3.63, 3.8) is 0 Å². The van der Waals surface area contributed by atoms with Crippen molar-refractivity contribution < 1.29 is 9.53 Å². The van der Waals surface area contributed by atoms with Crippen LogP contribution >= 0.6 is 0 Å². The quantitative estimate of drug-likeness (QED) is 0.547. The van der Waals surface area contributed by atoms with Gasteiger partial charge in [-0.15, -0.1) is 0 Å². The van der Waals surface area contributed by atoms with Gasteiger partial charge >= 0.3 is 5.97 Å². The number of nitrogens with zero attached hydrogens (tertiary/aromatic N) is 2. The van der Waals surface area contributed by atoms with Gasteiger partial charge in [0, 0.05) is 0 Å². The lowest BCUT2D eigenvalue weighted by Crippen LogP contribution is -2.26. The summed E-state index contributed by atoms with van der Waals surface area (Å²) in [5.41, 5.74) is 1.52. The number of ether oxygens (including phenoxy) is 1. The Kier molecular flexibility index (Phi) is 4.42. The monoisotopic (exact) mass is 322 g/mol. The van der Waals surface area contributed by atoms with E-state index in [1.165, 1.54) is 16.5 Å². The molecule has 0 aliphatic carbocycles. The van der Waals surface area contributed by atoms with Gasteiger partial charge in [0.25, 0.3) is 5.56 Å². The fourth-order valence-electron chi connectivity index (χ4n) is 2.44. The lowest BCUT2D eigenvalue weighted by Gasteiger charge is -2.09. The largest absolute Gasteiger partial charge is 0.425 e. The van der Waals surface area contributed by atoms with Gasteiger partial charge in [0.2, 0.25) is 0 Å². The van der Waals surface area contributed by atoms with Crippen molar-refractivity contribution in [2.45, 2.75) is 26.3 Å². The van der Waals surface area contributed by atoms with E-state index >= 15 is 0 Å². The second-order valence-electron chi connectivity index (χ2n) is 5.89. The molecule has 5 nitrogen and oxygen atoms in total. The van der Waals surface area contributed by atoms with E-state index in [-0.39, 0.29) is 12.1 Å². The highest BCUT2D eigenvalue weighted by molar-refractivity contribution is 5.77. The van der Waals surface area contributed by atoms with E-state index in [0.29, 0.717) is 22.6 Å². The van der Waals surface area contributed by atoms with Crippen LogP contribution in [0.3, 0.4) is 0 Å². The molecule has 0 amide bonds. The summed E-state index contributed by atoms with van der Waals surface area (Å²) < 4.78 is 6.55. The summed E-state index contributed by atoms with van der Waals surface area (Å²) in [6.45, 7) is 4.02. The summed E-state index contributed by atoms with van der Waals surface area (Å²) in [4.78, 5) is 28.6. The molecule has 122 valence electrons. The molecule has 0 spiro atoms. The fraction of sp³-hybridized carbons (Fsp3) is 0.211. The van der Waals surface area contributed by atoms with Gasteiger partial charge in [0.1, 0.15) is 12.3 Å². The maximum absolute atomic E-state index is 12.4. The Hall–Kier alpha value is -2.95. The zero-order valence-corrected chi connectivity index (χ0v) is 13.6. The molecule has 0 N–H and O–H groups in total. The van der Waals surface area contributed by atoms with Crippen molar-refractivity contribution in [1.29, 1.82) is 0 Å². The molecule has 0 unspecified atom stereocenters. The number of esters is 1. The predicted octanol–water partition coefficient (Wildman–Crippen LogP) is 3.13. The van der Waals surface area contributed by atoms with Crippen molar-refractivity contribution in [2.75, 3.05) is 0 Å². The molecule has 3 rings (SSSR count). The highest BCUT2D eigenvalue weighted by Crippen LogP contribution is 2.18. The van der Waals surface area contributed by atoms with Gasteiger partial charge in [-0.05, 0) is 35.7 Å². The summed E-state index contributed by atoms with van der Waals surface area (Å²) in [6.07, 6.45) is 1.37. The minimum absolute atomic E-state index is 0.178. The Bertz CT molecular complexity index is 927. The molecule has 0 fully saturated rings. The molecule has 2 aromatic carbocycles. The van der Waals surface area contributed by atoms with Crippen LogP contribution in [0.2, 0.25) is 0 Å². The first-order valence-electron chi connectivity index (χ1n) is 7.79. The first-order valence-corrected chi connectivity index (χ1v) is 7.79. The normalized spacial score (nSPS) is 11.0. The fourth-order valence-corrected chi connectivity index (χ4v) is 2.44. The molecular weight excluding hydrogens is 304 g/mol. The van der Waals surface area contributed by atoms with E-state index in [1.54, 1.807) is 30.3 Å². The summed E-state index contributed by atoms with van der Waals surface area (Å²) >= 11 is 0. The molecule has 0 radical (unpaired) electrons. The van der Waals surface area contributed by atoms with Gasteiger partial charge in [-0.3, -0.25) is 9.36 Å². The van der Waals surface area contributed by atoms with E-state index in [4.69, 9.17) is 4.74 Å². The molecule has 1 heterocycles. The number of hydrogen-bond donors (Lipinski definition) is 0. The minimum Gasteiger partial charge on any atom is -0.425 e. The number of carbonyl (C=O) groups excluding carboxylic acids is 1. The molecule has 0 aliphatic rings. The van der Waals surface area contributed by atoms with Gasteiger partial charge < -0.3 is 4.74 Å². The van der Waals surface area contributed by atoms with E-state index in [2.05, 4.69) is 18.8 Å². The lowest BCUT2D eigenvalue weighted by atomic mass is 10.0. The number of para-hydroxylation sites is 1. The van der Waals surface area contributed by atoms with Crippen LogP contribution in [0.15, 0.2) is 59.7 Å². The van der Waals surface area contributed by atoms with Gasteiger partial charge in [0.15, 0.2) is 0 Å². The van der Waals surface area contributed by atoms with Gasteiger partial charge in [-0.1, -0.05) is 38.1 Å². The third-order valence-corrected chi connectivity index (χ3v) is 3.81. The molecule has 3 aromatic rings. The number of benzene rings is 2. The smallest absolute Gasteiger partial charge is 0.331 e. The molecule has 0 bridgehead atoms. The summed E-state index contributed by atoms with van der Waals surface area (Å²) in [5, 5.41) is 0.481. The Morgan fingerprint density at radius 3 is 2.54 bits per heavy atom. The lowest BCUT2D eigenvalue weighted by molar-refractivity contribution is -0.135. The van der Waals surface area contributed by atoms with Crippen LogP contribution < -0.4 is 10.3 Å². The number of fused-ring (bicyclic) bond motifs is 1. The molecule has 1 aromatic heterocycles. The predicted molar refractivity (Wildman–Crippen MR) is 92.2 cm³/mol. The van der Waals surface area contributed by atoms with Crippen LogP contribution in [0, 0.1) is 0 Å². The van der Waals surface area contributed by atoms with Crippen LogP contribution in [0.4, 0.5) is 0 Å². The van der Waals surface area contributed by atoms with Crippen molar-refractivity contribution in [3.05, 3.63) is 70.8 Å². The maximum Gasteiger partial charge on any atom is 0.331 e. The molecule has 0 saturated heterocycles. The Morgan fingerprint density at radius 2 is 1.83 bits per heavy atom. The SMILES string of the molecule is CC(C)c1ccc(OC(=O)Cn2cnc3ccccc3c2=O)cc1. The van der Waals surface area contributed by atoms with Crippen molar-refractivity contribution in [1.82, 2.24) is 9.55 Å². The van der Waals surface area contributed by atoms with Crippen LogP contribution in [0.5, 0.6) is 5.75 Å². The molecular formula is C19H18N2O3. The second kappa shape index (κ2) is 6.66. The zero-order chi connectivity index (χ0) is 17.1. The average Bonchev–Trinajstić information content (AvgIpc) is 2.58. The number of aromatic nitrogens is 2. The topological polar surface area (TPSA) is 61.2 Å². The number of rotatable bonds is 4. The van der Waals surface area contributed by atoms with Gasteiger partial charge in [-0.25, -0.2) is 9.78 Å². The van der Waals surface area contributed by atoms with E-state index < -0.39 is 5.97 Å². The van der Waals surface area contributed by atoms with E-state index in [9.17, 15) is 9.59 Å². The van der Waals surface area contributed by atoms with Crippen molar-refractivity contribution >= 4 is 16.9 Å². The zero-order valence-electron chi connectivity index (χ0n) is 13.6. The van der Waals surface area contributed by atoms with Crippen LogP contribution in [-0.4, -0.2) is 15.5 Å². The highest BCUT2D eigenvalue weighted by atomic mass is 16.5. The Morgan fingerprint density at radius 1 is 1.12 bits per heavy atom. The molecule has 0 aliphatic heterocycles. The third kappa shape index (κ3) is 3.35. The average molecular weight is 322 g/mol.